The molecule has 0 spiro atoms. The van der Waals surface area contributed by atoms with Crippen molar-refractivity contribution in [3.8, 4) is 6.07 Å². The molecule has 1 unspecified atom stereocenters. The largest absolute Gasteiger partial charge is 0.309 e. The molecule has 0 radical (unpaired) electrons. The first-order chi connectivity index (χ1) is 8.33. The third-order valence-electron chi connectivity index (χ3n) is 4.19. The van der Waals surface area contributed by atoms with E-state index in [0.717, 1.165) is 13.0 Å². The molecule has 0 amide bonds. The zero-order valence-electron chi connectivity index (χ0n) is 10.0. The normalized spacial score (nSPS) is 25.0. The lowest BCUT2D eigenvalue weighted by atomic mass is 9.93. The number of nitrogens with one attached hydrogen (secondary N) is 1. The van der Waals surface area contributed by atoms with E-state index in [4.69, 9.17) is 5.26 Å². The number of thiophene rings is 1. The summed E-state index contributed by atoms with van der Waals surface area (Å²) in [7, 11) is 0. The minimum atomic E-state index is 0.322. The van der Waals surface area contributed by atoms with Gasteiger partial charge in [0.2, 0.25) is 0 Å². The van der Waals surface area contributed by atoms with E-state index in [-0.39, 0.29) is 0 Å². The molecule has 90 valence electrons. The third kappa shape index (κ3) is 2.25. The van der Waals surface area contributed by atoms with Gasteiger partial charge >= 0.3 is 0 Å². The van der Waals surface area contributed by atoms with Gasteiger partial charge in [-0.1, -0.05) is 0 Å². The Hall–Kier alpha value is -0.850. The van der Waals surface area contributed by atoms with Crippen LogP contribution in [0, 0.1) is 16.7 Å². The highest BCUT2D eigenvalue weighted by atomic mass is 32.1. The fourth-order valence-electron chi connectivity index (χ4n) is 2.80. The Bertz CT molecular complexity index is 439. The molecule has 2 aliphatic carbocycles. The molecule has 0 aromatic carbocycles. The van der Waals surface area contributed by atoms with E-state index >= 15 is 0 Å². The predicted molar refractivity (Wildman–Crippen MR) is 69.9 cm³/mol. The Morgan fingerprint density at radius 3 is 3.18 bits per heavy atom. The highest BCUT2D eigenvalue weighted by molar-refractivity contribution is 7.10. The van der Waals surface area contributed by atoms with Gasteiger partial charge in [-0.2, -0.15) is 5.26 Å². The van der Waals surface area contributed by atoms with Gasteiger partial charge in [0.1, 0.15) is 0 Å². The second kappa shape index (κ2) is 4.44. The molecule has 1 N–H and O–H groups in total. The van der Waals surface area contributed by atoms with Gasteiger partial charge in [-0.05, 0) is 54.5 Å². The molecule has 1 fully saturated rings. The summed E-state index contributed by atoms with van der Waals surface area (Å²) in [6.45, 7) is 1.03. The van der Waals surface area contributed by atoms with Crippen molar-refractivity contribution in [2.75, 3.05) is 6.54 Å². The van der Waals surface area contributed by atoms with E-state index in [1.807, 2.05) is 11.3 Å². The molecule has 2 nitrogen and oxygen atoms in total. The van der Waals surface area contributed by atoms with Gasteiger partial charge in [0, 0.05) is 23.9 Å². The molecule has 1 aromatic heterocycles. The van der Waals surface area contributed by atoms with Crippen LogP contribution >= 0.6 is 11.3 Å². The van der Waals surface area contributed by atoms with E-state index < -0.39 is 0 Å². The molecule has 1 aromatic rings. The fourth-order valence-corrected chi connectivity index (χ4v) is 3.79. The van der Waals surface area contributed by atoms with E-state index in [2.05, 4.69) is 22.8 Å². The smallest absolute Gasteiger partial charge is 0.0628 e. The van der Waals surface area contributed by atoms with Crippen LogP contribution in [0.2, 0.25) is 0 Å². The Balaban J connectivity index is 1.63. The Labute approximate surface area is 107 Å². The van der Waals surface area contributed by atoms with Crippen LogP contribution in [0.15, 0.2) is 11.4 Å². The van der Waals surface area contributed by atoms with Crippen LogP contribution < -0.4 is 5.32 Å². The summed E-state index contributed by atoms with van der Waals surface area (Å²) in [5.41, 5.74) is 1.84. The van der Waals surface area contributed by atoms with Crippen molar-refractivity contribution >= 4 is 11.3 Å². The Morgan fingerprint density at radius 1 is 1.53 bits per heavy atom. The molecule has 3 heteroatoms. The van der Waals surface area contributed by atoms with Crippen molar-refractivity contribution in [3.05, 3.63) is 21.9 Å². The monoisotopic (exact) mass is 246 g/mol. The highest BCUT2D eigenvalue weighted by Gasteiger charge is 2.42. The summed E-state index contributed by atoms with van der Waals surface area (Å²) < 4.78 is 0. The second-order valence-electron chi connectivity index (χ2n) is 5.46. The van der Waals surface area contributed by atoms with Gasteiger partial charge in [-0.25, -0.2) is 0 Å². The molecule has 0 saturated heterocycles. The fraction of sp³-hybridized carbons (Fsp3) is 0.643. The summed E-state index contributed by atoms with van der Waals surface area (Å²) in [6, 6.07) is 5.16. The summed E-state index contributed by atoms with van der Waals surface area (Å²) in [5, 5.41) is 14.7. The van der Waals surface area contributed by atoms with E-state index in [0.29, 0.717) is 11.5 Å². The lowest BCUT2D eigenvalue weighted by Gasteiger charge is -2.25. The van der Waals surface area contributed by atoms with Crippen molar-refractivity contribution in [2.24, 2.45) is 5.41 Å². The standard InChI is InChI=1S/C14H18N2S/c15-8-7-14(5-6-14)10-16-12-2-1-3-13-11(12)4-9-17-13/h4,9,12,16H,1-3,5-7,10H2. The quantitative estimate of drug-likeness (QED) is 0.883. The lowest BCUT2D eigenvalue weighted by Crippen LogP contribution is -2.30. The van der Waals surface area contributed by atoms with Gasteiger partial charge in [-0.3, -0.25) is 0 Å². The molecule has 17 heavy (non-hydrogen) atoms. The molecule has 0 aliphatic heterocycles. The van der Waals surface area contributed by atoms with Gasteiger partial charge in [-0.15, -0.1) is 11.3 Å². The zero-order valence-corrected chi connectivity index (χ0v) is 10.9. The maximum absolute atomic E-state index is 8.83. The number of hydrogen-bond acceptors (Lipinski definition) is 3. The van der Waals surface area contributed by atoms with Crippen LogP contribution in [-0.4, -0.2) is 6.54 Å². The molecule has 0 bridgehead atoms. The Kier molecular flexibility index (Phi) is 2.94. The maximum atomic E-state index is 8.83. The summed E-state index contributed by atoms with van der Waals surface area (Å²) in [6.07, 6.45) is 7.01. The van der Waals surface area contributed by atoms with Crippen LogP contribution in [0.4, 0.5) is 0 Å². The lowest BCUT2D eigenvalue weighted by molar-refractivity contribution is 0.392. The van der Waals surface area contributed by atoms with Gasteiger partial charge in [0.05, 0.1) is 6.07 Å². The van der Waals surface area contributed by atoms with Crippen LogP contribution in [0.3, 0.4) is 0 Å². The van der Waals surface area contributed by atoms with Gasteiger partial charge in [0.15, 0.2) is 0 Å². The first-order valence-corrected chi connectivity index (χ1v) is 7.38. The summed E-state index contributed by atoms with van der Waals surface area (Å²) in [4.78, 5) is 1.57. The molecule has 2 aliphatic rings. The van der Waals surface area contributed by atoms with Gasteiger partial charge in [0.25, 0.3) is 0 Å². The average Bonchev–Trinajstić information content (AvgIpc) is 2.92. The number of nitriles is 1. The van der Waals surface area contributed by atoms with Crippen LogP contribution in [-0.2, 0) is 6.42 Å². The maximum Gasteiger partial charge on any atom is 0.0628 e. The first-order valence-electron chi connectivity index (χ1n) is 6.50. The molecule has 1 saturated carbocycles. The summed E-state index contributed by atoms with van der Waals surface area (Å²) in [5.74, 6) is 0. The minimum absolute atomic E-state index is 0.322. The van der Waals surface area contributed by atoms with Crippen LogP contribution in [0.25, 0.3) is 0 Å². The van der Waals surface area contributed by atoms with Crippen molar-refractivity contribution in [1.82, 2.24) is 5.32 Å². The van der Waals surface area contributed by atoms with E-state index in [9.17, 15) is 0 Å². The molecule has 3 rings (SSSR count). The number of fused-ring (bicyclic) bond motifs is 1. The van der Waals surface area contributed by atoms with Crippen LogP contribution in [0.1, 0.15) is 48.6 Å². The van der Waals surface area contributed by atoms with Crippen molar-refractivity contribution < 1.29 is 0 Å². The second-order valence-corrected chi connectivity index (χ2v) is 6.46. The first kappa shape index (κ1) is 11.3. The van der Waals surface area contributed by atoms with E-state index in [1.165, 1.54) is 37.7 Å². The number of rotatable bonds is 4. The zero-order chi connectivity index (χ0) is 11.7. The third-order valence-corrected chi connectivity index (χ3v) is 5.18. The predicted octanol–water partition coefficient (Wildman–Crippen LogP) is 3.41. The molecular weight excluding hydrogens is 228 g/mol. The van der Waals surface area contributed by atoms with Crippen LogP contribution in [0.5, 0.6) is 0 Å². The summed E-state index contributed by atoms with van der Waals surface area (Å²) >= 11 is 1.90. The van der Waals surface area contributed by atoms with Gasteiger partial charge < -0.3 is 5.32 Å². The molecule has 1 heterocycles. The number of aryl methyl sites for hydroxylation is 1. The molecule has 1 atom stereocenters. The Morgan fingerprint density at radius 2 is 2.41 bits per heavy atom. The van der Waals surface area contributed by atoms with Crippen molar-refractivity contribution in [1.29, 1.82) is 5.26 Å². The SMILES string of the molecule is N#CCC1(CNC2CCCc3sccc32)CC1. The number of nitrogens with zero attached hydrogens (tertiary/aromatic N) is 1. The average molecular weight is 246 g/mol. The topological polar surface area (TPSA) is 35.8 Å². The van der Waals surface area contributed by atoms with Crippen molar-refractivity contribution in [3.63, 3.8) is 0 Å². The van der Waals surface area contributed by atoms with E-state index in [1.54, 1.807) is 4.88 Å². The minimum Gasteiger partial charge on any atom is -0.309 e. The number of hydrogen-bond donors (Lipinski definition) is 1. The highest BCUT2D eigenvalue weighted by Crippen LogP contribution is 2.48. The van der Waals surface area contributed by atoms with Crippen molar-refractivity contribution in [2.45, 2.75) is 44.6 Å². The molecular formula is C14H18N2S.